The lowest BCUT2D eigenvalue weighted by Gasteiger charge is -2.21. The third-order valence-electron chi connectivity index (χ3n) is 3.95. The highest BCUT2D eigenvalue weighted by molar-refractivity contribution is 9.10. The SMILES string of the molecule is Cc1ccc(OCC(O)CNCC2CCCN2C)c(Br)c1. The quantitative estimate of drug-likeness (QED) is 0.785. The van der Waals surface area contributed by atoms with Gasteiger partial charge in [-0.05, 0) is 67.0 Å². The van der Waals surface area contributed by atoms with Crippen LogP contribution < -0.4 is 10.1 Å². The molecule has 0 saturated carbocycles. The van der Waals surface area contributed by atoms with Crippen LogP contribution >= 0.6 is 15.9 Å². The highest BCUT2D eigenvalue weighted by Gasteiger charge is 2.20. The lowest BCUT2D eigenvalue weighted by molar-refractivity contribution is 0.104. The number of likely N-dealkylation sites (tertiary alicyclic amines) is 1. The van der Waals surface area contributed by atoms with Crippen LogP contribution in [0.15, 0.2) is 22.7 Å². The molecule has 4 nitrogen and oxygen atoms in total. The van der Waals surface area contributed by atoms with Crippen LogP contribution in [0, 0.1) is 6.92 Å². The van der Waals surface area contributed by atoms with Crippen molar-refractivity contribution < 1.29 is 9.84 Å². The van der Waals surface area contributed by atoms with E-state index in [1.807, 2.05) is 25.1 Å². The molecular formula is C16H25BrN2O2. The molecule has 118 valence electrons. The Morgan fingerprint density at radius 3 is 3.00 bits per heavy atom. The second-order valence-electron chi connectivity index (χ2n) is 5.83. The molecule has 21 heavy (non-hydrogen) atoms. The number of hydrogen-bond donors (Lipinski definition) is 2. The van der Waals surface area contributed by atoms with E-state index in [0.717, 1.165) is 16.8 Å². The van der Waals surface area contributed by atoms with Crippen LogP contribution in [0.25, 0.3) is 0 Å². The maximum Gasteiger partial charge on any atom is 0.133 e. The molecule has 1 aromatic rings. The molecule has 1 heterocycles. The van der Waals surface area contributed by atoms with Crippen molar-refractivity contribution in [3.8, 4) is 5.75 Å². The predicted octanol–water partition coefficient (Wildman–Crippen LogP) is 2.18. The Morgan fingerprint density at radius 1 is 1.52 bits per heavy atom. The van der Waals surface area contributed by atoms with E-state index in [4.69, 9.17) is 4.74 Å². The van der Waals surface area contributed by atoms with E-state index in [2.05, 4.69) is 33.2 Å². The van der Waals surface area contributed by atoms with Crippen molar-refractivity contribution in [3.63, 3.8) is 0 Å². The van der Waals surface area contributed by atoms with Gasteiger partial charge in [0.15, 0.2) is 0 Å². The highest BCUT2D eigenvalue weighted by Crippen LogP contribution is 2.25. The summed E-state index contributed by atoms with van der Waals surface area (Å²) in [5.41, 5.74) is 1.18. The van der Waals surface area contributed by atoms with E-state index >= 15 is 0 Å². The Balaban J connectivity index is 1.66. The number of aryl methyl sites for hydroxylation is 1. The molecule has 2 N–H and O–H groups in total. The molecule has 1 aromatic carbocycles. The van der Waals surface area contributed by atoms with E-state index in [9.17, 15) is 5.11 Å². The average Bonchev–Trinajstić information content (AvgIpc) is 2.83. The first-order valence-corrected chi connectivity index (χ1v) is 8.33. The molecule has 5 heteroatoms. The van der Waals surface area contributed by atoms with Crippen molar-refractivity contribution in [2.24, 2.45) is 0 Å². The molecule has 0 radical (unpaired) electrons. The van der Waals surface area contributed by atoms with Gasteiger partial charge in [-0.15, -0.1) is 0 Å². The van der Waals surface area contributed by atoms with E-state index in [0.29, 0.717) is 19.2 Å². The number of hydrogen-bond acceptors (Lipinski definition) is 4. The Hall–Kier alpha value is -0.620. The van der Waals surface area contributed by atoms with Gasteiger partial charge >= 0.3 is 0 Å². The standard InChI is InChI=1S/C16H25BrN2O2/c1-12-5-6-16(15(17)8-12)21-11-14(20)10-18-9-13-4-3-7-19(13)2/h5-6,8,13-14,18,20H,3-4,7,9-11H2,1-2H3. The fourth-order valence-corrected chi connectivity index (χ4v) is 3.23. The Kier molecular flexibility index (Phi) is 6.48. The third kappa shape index (κ3) is 5.25. The van der Waals surface area contributed by atoms with Gasteiger partial charge in [-0.1, -0.05) is 6.07 Å². The zero-order valence-corrected chi connectivity index (χ0v) is 14.4. The molecular weight excluding hydrogens is 332 g/mol. The number of aliphatic hydroxyl groups excluding tert-OH is 1. The van der Waals surface area contributed by atoms with Gasteiger partial charge in [-0.3, -0.25) is 0 Å². The summed E-state index contributed by atoms with van der Waals surface area (Å²) in [5.74, 6) is 0.773. The number of ether oxygens (including phenoxy) is 1. The number of benzene rings is 1. The van der Waals surface area contributed by atoms with Gasteiger partial charge in [-0.2, -0.15) is 0 Å². The molecule has 0 spiro atoms. The van der Waals surface area contributed by atoms with Gasteiger partial charge in [-0.25, -0.2) is 0 Å². The number of aliphatic hydroxyl groups is 1. The summed E-state index contributed by atoms with van der Waals surface area (Å²) in [6.45, 7) is 5.01. The monoisotopic (exact) mass is 356 g/mol. The normalized spacial score (nSPS) is 20.7. The summed E-state index contributed by atoms with van der Waals surface area (Å²) in [4.78, 5) is 2.37. The summed E-state index contributed by atoms with van der Waals surface area (Å²) in [7, 11) is 2.16. The van der Waals surface area contributed by atoms with Crippen LogP contribution in [0.2, 0.25) is 0 Å². The topological polar surface area (TPSA) is 44.7 Å². The Morgan fingerprint density at radius 2 is 2.33 bits per heavy atom. The maximum absolute atomic E-state index is 9.98. The highest BCUT2D eigenvalue weighted by atomic mass is 79.9. The number of nitrogens with one attached hydrogen (secondary N) is 1. The number of halogens is 1. The van der Waals surface area contributed by atoms with Crippen LogP contribution in [0.3, 0.4) is 0 Å². The maximum atomic E-state index is 9.98. The summed E-state index contributed by atoms with van der Waals surface area (Å²) in [5, 5.41) is 13.3. The van der Waals surface area contributed by atoms with Gasteiger partial charge < -0.3 is 20.1 Å². The molecule has 0 amide bonds. The summed E-state index contributed by atoms with van der Waals surface area (Å²) in [6.07, 6.45) is 2.02. The molecule has 1 fully saturated rings. The van der Waals surface area contributed by atoms with Crippen LogP contribution in [0.5, 0.6) is 5.75 Å². The minimum absolute atomic E-state index is 0.301. The molecule has 0 aliphatic carbocycles. The lowest BCUT2D eigenvalue weighted by atomic mass is 10.2. The smallest absolute Gasteiger partial charge is 0.133 e. The first-order chi connectivity index (χ1) is 10.1. The summed E-state index contributed by atoms with van der Waals surface area (Å²) in [6, 6.07) is 6.54. The number of nitrogens with zero attached hydrogens (tertiary/aromatic N) is 1. The van der Waals surface area contributed by atoms with Crippen LogP contribution in [-0.4, -0.2) is 55.4 Å². The van der Waals surface area contributed by atoms with Crippen molar-refractivity contribution >= 4 is 15.9 Å². The van der Waals surface area contributed by atoms with E-state index < -0.39 is 6.10 Å². The Labute approximate surface area is 135 Å². The lowest BCUT2D eigenvalue weighted by Crippen LogP contribution is -2.39. The van der Waals surface area contributed by atoms with Gasteiger partial charge in [0.1, 0.15) is 18.5 Å². The van der Waals surface area contributed by atoms with E-state index in [1.165, 1.54) is 24.9 Å². The van der Waals surface area contributed by atoms with Crippen molar-refractivity contribution in [2.45, 2.75) is 31.9 Å². The fraction of sp³-hybridized carbons (Fsp3) is 0.625. The largest absolute Gasteiger partial charge is 0.490 e. The zero-order chi connectivity index (χ0) is 15.2. The second kappa shape index (κ2) is 8.13. The third-order valence-corrected chi connectivity index (χ3v) is 4.57. The minimum atomic E-state index is -0.495. The second-order valence-corrected chi connectivity index (χ2v) is 6.69. The zero-order valence-electron chi connectivity index (χ0n) is 12.8. The van der Waals surface area contributed by atoms with Gasteiger partial charge in [0.25, 0.3) is 0 Å². The molecule has 1 aliphatic rings. The van der Waals surface area contributed by atoms with Crippen LogP contribution in [0.4, 0.5) is 0 Å². The van der Waals surface area contributed by atoms with E-state index in [1.54, 1.807) is 0 Å². The van der Waals surface area contributed by atoms with Gasteiger partial charge in [0.05, 0.1) is 4.47 Å². The fourth-order valence-electron chi connectivity index (χ4n) is 2.62. The van der Waals surface area contributed by atoms with Crippen LogP contribution in [0.1, 0.15) is 18.4 Å². The van der Waals surface area contributed by atoms with Crippen LogP contribution in [-0.2, 0) is 0 Å². The summed E-state index contributed by atoms with van der Waals surface area (Å²) < 4.78 is 6.58. The van der Waals surface area contributed by atoms with Crippen molar-refractivity contribution in [1.82, 2.24) is 10.2 Å². The van der Waals surface area contributed by atoms with Crippen molar-refractivity contribution in [2.75, 3.05) is 33.3 Å². The Bertz CT molecular complexity index is 456. The average molecular weight is 357 g/mol. The molecule has 1 saturated heterocycles. The molecule has 2 rings (SSSR count). The van der Waals surface area contributed by atoms with Crippen molar-refractivity contribution in [3.05, 3.63) is 28.2 Å². The molecule has 2 atom stereocenters. The number of rotatable bonds is 7. The molecule has 2 unspecified atom stereocenters. The molecule has 1 aliphatic heterocycles. The molecule has 0 aromatic heterocycles. The van der Waals surface area contributed by atoms with Gasteiger partial charge in [0, 0.05) is 19.1 Å². The van der Waals surface area contributed by atoms with E-state index in [-0.39, 0.29) is 0 Å². The predicted molar refractivity (Wildman–Crippen MR) is 88.9 cm³/mol. The van der Waals surface area contributed by atoms with Gasteiger partial charge in [0.2, 0.25) is 0 Å². The summed E-state index contributed by atoms with van der Waals surface area (Å²) >= 11 is 3.47. The minimum Gasteiger partial charge on any atom is -0.490 e. The first-order valence-electron chi connectivity index (χ1n) is 7.54. The number of likely N-dealkylation sites (N-methyl/N-ethyl adjacent to an activating group) is 1. The molecule has 0 bridgehead atoms. The van der Waals surface area contributed by atoms with Crippen molar-refractivity contribution in [1.29, 1.82) is 0 Å². The first kappa shape index (κ1) is 16.7.